The molecule has 0 aliphatic rings. The summed E-state index contributed by atoms with van der Waals surface area (Å²) in [6.07, 6.45) is -3.46. The van der Waals surface area contributed by atoms with Crippen molar-refractivity contribution in [3.8, 4) is 0 Å². The van der Waals surface area contributed by atoms with Gasteiger partial charge in [-0.1, -0.05) is 0 Å². The monoisotopic (exact) mass is 232 g/mol. The molecular weight excluding hydrogens is 229 g/mol. The highest BCUT2D eigenvalue weighted by Gasteiger charge is 2.38. The minimum Gasteiger partial charge on any atom is -0.476 e. The van der Waals surface area contributed by atoms with Crippen molar-refractivity contribution in [2.45, 2.75) is 6.18 Å². The van der Waals surface area contributed by atoms with Crippen LogP contribution in [0, 0.1) is 0 Å². The molecule has 0 amide bonds. The van der Waals surface area contributed by atoms with Gasteiger partial charge >= 0.3 is 12.1 Å². The summed E-state index contributed by atoms with van der Waals surface area (Å²) in [6, 6.07) is 0. The van der Waals surface area contributed by atoms with E-state index in [1.54, 1.807) is 0 Å². The van der Waals surface area contributed by atoms with Crippen molar-refractivity contribution in [3.63, 3.8) is 0 Å². The molecule has 0 aliphatic heterocycles. The van der Waals surface area contributed by atoms with Gasteiger partial charge in [0, 0.05) is 6.20 Å². The SMILES string of the molecule is O=C(O)c1c(C(F)(F)F)cnc2ncnn12. The Morgan fingerprint density at radius 1 is 1.38 bits per heavy atom. The van der Waals surface area contributed by atoms with Crippen molar-refractivity contribution < 1.29 is 23.1 Å². The molecule has 1 N–H and O–H groups in total. The molecule has 0 radical (unpaired) electrons. The number of hydrogen-bond donors (Lipinski definition) is 1. The Labute approximate surface area is 85.4 Å². The van der Waals surface area contributed by atoms with Gasteiger partial charge in [-0.25, -0.2) is 9.78 Å². The average Bonchev–Trinajstić information content (AvgIpc) is 2.61. The van der Waals surface area contributed by atoms with Crippen LogP contribution in [0.25, 0.3) is 5.78 Å². The van der Waals surface area contributed by atoms with Crippen LogP contribution in [0.2, 0.25) is 0 Å². The van der Waals surface area contributed by atoms with Gasteiger partial charge in [0.25, 0.3) is 5.78 Å². The molecule has 0 aliphatic carbocycles. The first-order valence-corrected chi connectivity index (χ1v) is 3.90. The van der Waals surface area contributed by atoms with Gasteiger partial charge < -0.3 is 5.11 Å². The summed E-state index contributed by atoms with van der Waals surface area (Å²) in [5.74, 6) is -1.95. The van der Waals surface area contributed by atoms with Gasteiger partial charge in [-0.3, -0.25) is 0 Å². The Kier molecular flexibility index (Phi) is 2.04. The Morgan fingerprint density at radius 2 is 2.06 bits per heavy atom. The summed E-state index contributed by atoms with van der Waals surface area (Å²) < 4.78 is 38.0. The number of halogens is 3. The summed E-state index contributed by atoms with van der Waals surface area (Å²) >= 11 is 0. The first-order valence-electron chi connectivity index (χ1n) is 3.90. The average molecular weight is 232 g/mol. The normalized spacial score (nSPS) is 11.9. The molecule has 0 spiro atoms. The zero-order chi connectivity index (χ0) is 11.9. The van der Waals surface area contributed by atoms with Gasteiger partial charge in [-0.2, -0.15) is 27.8 Å². The summed E-state index contributed by atoms with van der Waals surface area (Å²) in [4.78, 5) is 17.6. The van der Waals surface area contributed by atoms with E-state index in [1.165, 1.54) is 0 Å². The van der Waals surface area contributed by atoms with Gasteiger partial charge in [0.05, 0.1) is 0 Å². The standard InChI is InChI=1S/C7H3F3N4O2/c8-7(9,10)3-1-11-6-12-2-13-14(6)4(3)5(15)16/h1-2H,(H,15,16). The maximum atomic E-state index is 12.5. The highest BCUT2D eigenvalue weighted by atomic mass is 19.4. The number of nitrogens with zero attached hydrogens (tertiary/aromatic N) is 4. The van der Waals surface area contributed by atoms with Gasteiger partial charge in [0.2, 0.25) is 0 Å². The van der Waals surface area contributed by atoms with Crippen molar-refractivity contribution in [2.24, 2.45) is 0 Å². The van der Waals surface area contributed by atoms with Crippen LogP contribution in [0.4, 0.5) is 13.2 Å². The fourth-order valence-corrected chi connectivity index (χ4v) is 1.19. The smallest absolute Gasteiger partial charge is 0.420 e. The molecule has 0 bridgehead atoms. The molecule has 0 atom stereocenters. The number of aromatic carboxylic acids is 1. The molecule has 2 aromatic rings. The van der Waals surface area contributed by atoms with Gasteiger partial charge in [-0.15, -0.1) is 0 Å². The third kappa shape index (κ3) is 1.45. The second-order valence-electron chi connectivity index (χ2n) is 2.80. The summed E-state index contributed by atoms with van der Waals surface area (Å²) in [6.45, 7) is 0. The lowest BCUT2D eigenvalue weighted by molar-refractivity contribution is -0.138. The van der Waals surface area contributed by atoms with Gasteiger partial charge in [0.1, 0.15) is 11.9 Å². The number of hydrogen-bond acceptors (Lipinski definition) is 4. The number of rotatable bonds is 1. The Morgan fingerprint density at radius 3 is 2.62 bits per heavy atom. The minimum absolute atomic E-state index is 0.203. The number of carboxylic acids is 1. The minimum atomic E-state index is -4.80. The predicted molar refractivity (Wildman–Crippen MR) is 42.7 cm³/mol. The largest absolute Gasteiger partial charge is 0.476 e. The number of aromatic nitrogens is 4. The molecule has 0 fully saturated rings. The molecule has 0 aromatic carbocycles. The van der Waals surface area contributed by atoms with E-state index in [9.17, 15) is 18.0 Å². The molecule has 0 saturated heterocycles. The lowest BCUT2D eigenvalue weighted by Gasteiger charge is -2.09. The van der Waals surface area contributed by atoms with E-state index in [-0.39, 0.29) is 5.78 Å². The maximum absolute atomic E-state index is 12.5. The second kappa shape index (κ2) is 3.15. The number of carboxylic acid groups (broad SMARTS) is 1. The molecule has 2 rings (SSSR count). The maximum Gasteiger partial charge on any atom is 0.420 e. The molecular formula is C7H3F3N4O2. The first-order chi connectivity index (χ1) is 7.41. The van der Waals surface area contributed by atoms with Crippen molar-refractivity contribution in [2.75, 3.05) is 0 Å². The Balaban J connectivity index is 2.84. The van der Waals surface area contributed by atoms with Gasteiger partial charge in [-0.05, 0) is 0 Å². The number of alkyl halides is 3. The third-order valence-electron chi connectivity index (χ3n) is 1.81. The first kappa shape index (κ1) is 10.3. The third-order valence-corrected chi connectivity index (χ3v) is 1.81. The van der Waals surface area contributed by atoms with E-state index >= 15 is 0 Å². The quantitative estimate of drug-likeness (QED) is 0.787. The van der Waals surface area contributed by atoms with Crippen LogP contribution < -0.4 is 0 Å². The number of carbonyl (C=O) groups is 1. The molecule has 9 heteroatoms. The lowest BCUT2D eigenvalue weighted by atomic mass is 10.2. The van der Waals surface area contributed by atoms with Crippen LogP contribution in [0.15, 0.2) is 12.5 Å². The van der Waals surface area contributed by atoms with Crippen molar-refractivity contribution >= 4 is 11.7 Å². The van der Waals surface area contributed by atoms with Crippen LogP contribution in [0.3, 0.4) is 0 Å². The summed E-state index contributed by atoms with van der Waals surface area (Å²) in [5.41, 5.74) is -2.37. The van der Waals surface area contributed by atoms with Crippen LogP contribution in [-0.4, -0.2) is 30.7 Å². The molecule has 0 unspecified atom stereocenters. The van der Waals surface area contributed by atoms with Crippen LogP contribution in [0.1, 0.15) is 16.1 Å². The van der Waals surface area contributed by atoms with E-state index in [0.29, 0.717) is 10.7 Å². The van der Waals surface area contributed by atoms with Gasteiger partial charge in [0.15, 0.2) is 5.69 Å². The number of fused-ring (bicyclic) bond motifs is 1. The Bertz CT molecular complexity index is 562. The Hall–Kier alpha value is -2.19. The van der Waals surface area contributed by atoms with E-state index in [2.05, 4.69) is 15.1 Å². The zero-order valence-electron chi connectivity index (χ0n) is 7.43. The second-order valence-corrected chi connectivity index (χ2v) is 2.80. The van der Waals surface area contributed by atoms with Crippen LogP contribution in [-0.2, 0) is 6.18 Å². The summed E-state index contributed by atoms with van der Waals surface area (Å²) in [5, 5.41) is 12.1. The van der Waals surface area contributed by atoms with E-state index in [4.69, 9.17) is 5.11 Å². The highest BCUT2D eigenvalue weighted by Crippen LogP contribution is 2.31. The fourth-order valence-electron chi connectivity index (χ4n) is 1.19. The molecule has 2 aromatic heterocycles. The van der Waals surface area contributed by atoms with Crippen molar-refractivity contribution in [3.05, 3.63) is 23.8 Å². The van der Waals surface area contributed by atoms with Crippen molar-refractivity contribution in [1.29, 1.82) is 0 Å². The van der Waals surface area contributed by atoms with E-state index < -0.39 is 23.4 Å². The summed E-state index contributed by atoms with van der Waals surface area (Å²) in [7, 11) is 0. The zero-order valence-corrected chi connectivity index (χ0v) is 7.43. The van der Waals surface area contributed by atoms with E-state index in [0.717, 1.165) is 6.33 Å². The van der Waals surface area contributed by atoms with Crippen LogP contribution in [0.5, 0.6) is 0 Å². The predicted octanol–water partition coefficient (Wildman–Crippen LogP) is 0.841. The van der Waals surface area contributed by atoms with Crippen molar-refractivity contribution in [1.82, 2.24) is 19.6 Å². The van der Waals surface area contributed by atoms with Crippen LogP contribution >= 0.6 is 0 Å². The highest BCUT2D eigenvalue weighted by molar-refractivity contribution is 5.88. The molecule has 16 heavy (non-hydrogen) atoms. The molecule has 0 saturated carbocycles. The fraction of sp³-hybridized carbons (Fsp3) is 0.143. The lowest BCUT2D eigenvalue weighted by Crippen LogP contribution is -2.18. The molecule has 6 nitrogen and oxygen atoms in total. The van der Waals surface area contributed by atoms with E-state index in [1.807, 2.05) is 0 Å². The molecule has 2 heterocycles. The topological polar surface area (TPSA) is 80.4 Å². The molecule has 84 valence electrons.